The summed E-state index contributed by atoms with van der Waals surface area (Å²) < 4.78 is 5.08. The molecule has 3 N–H and O–H groups in total. The maximum absolute atomic E-state index is 12.4. The molecule has 1 saturated heterocycles. The summed E-state index contributed by atoms with van der Waals surface area (Å²) in [6, 6.07) is 4.95. The fraction of sp³-hybridized carbons (Fsp3) is 0.500. The van der Waals surface area contributed by atoms with Crippen molar-refractivity contribution in [3.05, 3.63) is 23.8 Å². The predicted molar refractivity (Wildman–Crippen MR) is 73.2 cm³/mol. The maximum atomic E-state index is 12.4. The number of aliphatic hydroxyl groups is 1. The number of carbonyl (C=O) groups excluding carboxylic acids is 1. The first-order chi connectivity index (χ1) is 9.17. The average molecular weight is 264 g/mol. The highest BCUT2D eigenvalue weighted by atomic mass is 16.5. The van der Waals surface area contributed by atoms with E-state index < -0.39 is 0 Å². The van der Waals surface area contributed by atoms with Gasteiger partial charge in [0.15, 0.2) is 0 Å². The largest absolute Gasteiger partial charge is 0.495 e. The highest BCUT2D eigenvalue weighted by molar-refractivity contribution is 5.95. The van der Waals surface area contributed by atoms with Crippen LogP contribution in [0.5, 0.6) is 5.75 Å². The first kappa shape index (κ1) is 13.7. The van der Waals surface area contributed by atoms with Crippen molar-refractivity contribution in [3.8, 4) is 5.75 Å². The highest BCUT2D eigenvalue weighted by Gasteiger charge is 2.27. The van der Waals surface area contributed by atoms with E-state index in [0.29, 0.717) is 23.5 Å². The summed E-state index contributed by atoms with van der Waals surface area (Å²) in [7, 11) is 1.54. The number of carbonyl (C=O) groups is 1. The van der Waals surface area contributed by atoms with Crippen LogP contribution in [0.15, 0.2) is 18.2 Å². The molecule has 1 atom stereocenters. The number of hydrogen-bond donors (Lipinski definition) is 2. The smallest absolute Gasteiger partial charge is 0.254 e. The molecule has 0 radical (unpaired) electrons. The average Bonchev–Trinajstić information content (AvgIpc) is 2.46. The van der Waals surface area contributed by atoms with E-state index in [9.17, 15) is 9.90 Å². The number of rotatable bonds is 3. The van der Waals surface area contributed by atoms with E-state index in [-0.39, 0.29) is 18.6 Å². The number of nitrogens with two attached hydrogens (primary N) is 1. The van der Waals surface area contributed by atoms with E-state index in [1.807, 2.05) is 0 Å². The molecule has 104 valence electrons. The van der Waals surface area contributed by atoms with Crippen LogP contribution in [0.3, 0.4) is 0 Å². The Morgan fingerprint density at radius 2 is 2.32 bits per heavy atom. The van der Waals surface area contributed by atoms with Gasteiger partial charge in [-0.05, 0) is 37.5 Å². The zero-order chi connectivity index (χ0) is 13.8. The standard InChI is InChI=1S/C14H20N2O3/c1-19-13-6-5-10(8-12(13)15)14(18)16-7-3-2-4-11(16)9-17/h5-6,8,11,17H,2-4,7,9,15H2,1H3. The van der Waals surface area contributed by atoms with Crippen molar-refractivity contribution in [2.24, 2.45) is 0 Å². The third kappa shape index (κ3) is 2.81. The van der Waals surface area contributed by atoms with Crippen molar-refractivity contribution < 1.29 is 14.6 Å². The van der Waals surface area contributed by atoms with Gasteiger partial charge in [0.1, 0.15) is 5.75 Å². The SMILES string of the molecule is COc1ccc(C(=O)N2CCCCC2CO)cc1N. The lowest BCUT2D eigenvalue weighted by atomic mass is 10.0. The molecular weight excluding hydrogens is 244 g/mol. The van der Waals surface area contributed by atoms with Crippen molar-refractivity contribution in [1.29, 1.82) is 0 Å². The number of nitrogens with zero attached hydrogens (tertiary/aromatic N) is 1. The van der Waals surface area contributed by atoms with Crippen LogP contribution in [-0.2, 0) is 0 Å². The minimum Gasteiger partial charge on any atom is -0.495 e. The van der Waals surface area contributed by atoms with Crippen molar-refractivity contribution in [1.82, 2.24) is 4.90 Å². The quantitative estimate of drug-likeness (QED) is 0.806. The predicted octanol–water partition coefficient (Wildman–Crippen LogP) is 1.26. The molecule has 1 aromatic carbocycles. The summed E-state index contributed by atoms with van der Waals surface area (Å²) in [5.41, 5.74) is 6.81. The maximum Gasteiger partial charge on any atom is 0.254 e. The number of ether oxygens (including phenoxy) is 1. The third-order valence-corrected chi connectivity index (χ3v) is 3.58. The Balaban J connectivity index is 2.20. The number of piperidine rings is 1. The molecule has 2 rings (SSSR count). The number of benzene rings is 1. The molecule has 19 heavy (non-hydrogen) atoms. The Morgan fingerprint density at radius 3 is 2.95 bits per heavy atom. The van der Waals surface area contributed by atoms with Crippen LogP contribution in [0.2, 0.25) is 0 Å². The molecule has 0 aromatic heterocycles. The third-order valence-electron chi connectivity index (χ3n) is 3.58. The molecule has 1 heterocycles. The molecule has 0 saturated carbocycles. The number of likely N-dealkylation sites (tertiary alicyclic amines) is 1. The number of nitrogen functional groups attached to an aromatic ring is 1. The van der Waals surface area contributed by atoms with E-state index in [4.69, 9.17) is 10.5 Å². The van der Waals surface area contributed by atoms with E-state index in [1.165, 1.54) is 0 Å². The van der Waals surface area contributed by atoms with Crippen LogP contribution >= 0.6 is 0 Å². The molecule has 1 aliphatic rings. The van der Waals surface area contributed by atoms with Gasteiger partial charge in [0.25, 0.3) is 5.91 Å². The van der Waals surface area contributed by atoms with Crippen LogP contribution in [0.4, 0.5) is 5.69 Å². The van der Waals surface area contributed by atoms with Gasteiger partial charge in [-0.2, -0.15) is 0 Å². The normalized spacial score (nSPS) is 19.3. The molecule has 0 bridgehead atoms. The van der Waals surface area contributed by atoms with Gasteiger partial charge in [-0.1, -0.05) is 0 Å². The molecule has 0 aliphatic carbocycles. The van der Waals surface area contributed by atoms with Gasteiger partial charge < -0.3 is 20.5 Å². The summed E-state index contributed by atoms with van der Waals surface area (Å²) in [6.45, 7) is 0.702. The molecule has 1 aliphatic heterocycles. The Kier molecular flexibility index (Phi) is 4.27. The van der Waals surface area contributed by atoms with Gasteiger partial charge in [-0.3, -0.25) is 4.79 Å². The minimum absolute atomic E-state index is 0.0113. The molecule has 5 nitrogen and oxygen atoms in total. The van der Waals surface area contributed by atoms with Crippen LogP contribution in [0.25, 0.3) is 0 Å². The lowest BCUT2D eigenvalue weighted by Gasteiger charge is -2.34. The summed E-state index contributed by atoms with van der Waals surface area (Å²) in [5.74, 6) is 0.488. The van der Waals surface area contributed by atoms with Gasteiger partial charge in [0.2, 0.25) is 0 Å². The van der Waals surface area contributed by atoms with E-state index in [2.05, 4.69) is 0 Å². The topological polar surface area (TPSA) is 75.8 Å². The van der Waals surface area contributed by atoms with Gasteiger partial charge >= 0.3 is 0 Å². The molecule has 1 amide bonds. The molecule has 1 fully saturated rings. The number of aliphatic hydroxyl groups excluding tert-OH is 1. The first-order valence-corrected chi connectivity index (χ1v) is 6.52. The number of amides is 1. The minimum atomic E-state index is -0.0791. The summed E-state index contributed by atoms with van der Waals surface area (Å²) in [5, 5.41) is 9.36. The second-order valence-corrected chi connectivity index (χ2v) is 4.79. The van der Waals surface area contributed by atoms with Gasteiger partial charge in [-0.15, -0.1) is 0 Å². The highest BCUT2D eigenvalue weighted by Crippen LogP contribution is 2.25. The Morgan fingerprint density at radius 1 is 1.53 bits per heavy atom. The fourth-order valence-electron chi connectivity index (χ4n) is 2.49. The Bertz CT molecular complexity index is 462. The van der Waals surface area contributed by atoms with Crippen molar-refractivity contribution >= 4 is 11.6 Å². The molecule has 1 unspecified atom stereocenters. The molecule has 0 spiro atoms. The van der Waals surface area contributed by atoms with E-state index in [1.54, 1.807) is 30.2 Å². The van der Waals surface area contributed by atoms with Crippen LogP contribution < -0.4 is 10.5 Å². The fourth-order valence-corrected chi connectivity index (χ4v) is 2.49. The molecule has 5 heteroatoms. The van der Waals surface area contributed by atoms with Crippen molar-refractivity contribution in [2.45, 2.75) is 25.3 Å². The first-order valence-electron chi connectivity index (χ1n) is 6.52. The van der Waals surface area contributed by atoms with Gasteiger partial charge in [0, 0.05) is 12.1 Å². The molecular formula is C14H20N2O3. The summed E-state index contributed by atoms with van der Waals surface area (Å²) >= 11 is 0. The zero-order valence-corrected chi connectivity index (χ0v) is 11.1. The van der Waals surface area contributed by atoms with Gasteiger partial charge in [-0.25, -0.2) is 0 Å². The van der Waals surface area contributed by atoms with E-state index in [0.717, 1.165) is 19.3 Å². The molecule has 1 aromatic rings. The van der Waals surface area contributed by atoms with Crippen LogP contribution in [0, 0.1) is 0 Å². The Hall–Kier alpha value is -1.75. The number of hydrogen-bond acceptors (Lipinski definition) is 4. The monoisotopic (exact) mass is 264 g/mol. The number of methoxy groups -OCH3 is 1. The second-order valence-electron chi connectivity index (χ2n) is 4.79. The van der Waals surface area contributed by atoms with E-state index >= 15 is 0 Å². The number of anilines is 1. The lowest BCUT2D eigenvalue weighted by Crippen LogP contribution is -2.45. The summed E-state index contributed by atoms with van der Waals surface area (Å²) in [4.78, 5) is 14.2. The zero-order valence-electron chi connectivity index (χ0n) is 11.1. The van der Waals surface area contributed by atoms with Gasteiger partial charge in [0.05, 0.1) is 25.4 Å². The van der Waals surface area contributed by atoms with Crippen molar-refractivity contribution in [3.63, 3.8) is 0 Å². The Labute approximate surface area is 113 Å². The van der Waals surface area contributed by atoms with Crippen molar-refractivity contribution in [2.75, 3.05) is 26.0 Å². The van der Waals surface area contributed by atoms with Crippen LogP contribution in [-0.4, -0.2) is 42.2 Å². The second kappa shape index (κ2) is 5.93. The lowest BCUT2D eigenvalue weighted by molar-refractivity contribution is 0.0503. The summed E-state index contributed by atoms with van der Waals surface area (Å²) in [6.07, 6.45) is 2.89. The van der Waals surface area contributed by atoms with Crippen LogP contribution in [0.1, 0.15) is 29.6 Å².